The molecule has 2 rings (SSSR count). The fraction of sp³-hybridized carbons (Fsp3) is 1.00. The second kappa shape index (κ2) is 4.40. The molecule has 0 aromatic rings. The van der Waals surface area contributed by atoms with Gasteiger partial charge >= 0.3 is 0 Å². The number of rotatable bonds is 2. The van der Waals surface area contributed by atoms with Gasteiger partial charge in [0, 0.05) is 19.6 Å². The van der Waals surface area contributed by atoms with Crippen molar-refractivity contribution < 1.29 is 4.74 Å². The molecule has 2 aliphatic heterocycles. The van der Waals surface area contributed by atoms with Gasteiger partial charge in [0.25, 0.3) is 0 Å². The Bertz CT molecular complexity index is 154. The van der Waals surface area contributed by atoms with Gasteiger partial charge < -0.3 is 15.0 Å². The molecule has 2 unspecified atom stereocenters. The number of hydrogen-bond acceptors (Lipinski definition) is 3. The Kier molecular flexibility index (Phi) is 3.19. The van der Waals surface area contributed by atoms with Crippen LogP contribution in [-0.4, -0.2) is 50.3 Å². The first kappa shape index (κ1) is 9.44. The van der Waals surface area contributed by atoms with Crippen molar-refractivity contribution in [1.82, 2.24) is 10.2 Å². The molecule has 0 saturated carbocycles. The molecule has 0 spiro atoms. The van der Waals surface area contributed by atoms with Gasteiger partial charge in [-0.1, -0.05) is 0 Å². The molecule has 0 bridgehead atoms. The molecular weight excluding hydrogens is 164 g/mol. The average Bonchev–Trinajstić information content (AvgIpc) is 2.53. The predicted octanol–water partition coefficient (Wildman–Crippen LogP) is 0.459. The highest BCUT2D eigenvalue weighted by atomic mass is 16.5. The Labute approximate surface area is 80.4 Å². The summed E-state index contributed by atoms with van der Waals surface area (Å²) in [7, 11) is 2.17. The van der Waals surface area contributed by atoms with Crippen molar-refractivity contribution in [3.63, 3.8) is 0 Å². The summed E-state index contributed by atoms with van der Waals surface area (Å²) >= 11 is 0. The van der Waals surface area contributed by atoms with Gasteiger partial charge in [0.15, 0.2) is 0 Å². The second-order valence-electron chi connectivity index (χ2n) is 4.28. The molecule has 2 atom stereocenters. The average molecular weight is 184 g/mol. The van der Waals surface area contributed by atoms with E-state index in [0.717, 1.165) is 13.1 Å². The van der Waals surface area contributed by atoms with Gasteiger partial charge in [-0.25, -0.2) is 0 Å². The van der Waals surface area contributed by atoms with Crippen LogP contribution < -0.4 is 5.32 Å². The smallest absolute Gasteiger partial charge is 0.0718 e. The van der Waals surface area contributed by atoms with Crippen molar-refractivity contribution in [2.45, 2.75) is 31.5 Å². The number of nitrogens with one attached hydrogen (secondary N) is 1. The summed E-state index contributed by atoms with van der Waals surface area (Å²) in [6.07, 6.45) is 4.70. The van der Waals surface area contributed by atoms with Gasteiger partial charge in [0.2, 0.25) is 0 Å². The highest BCUT2D eigenvalue weighted by Gasteiger charge is 2.24. The quantitative estimate of drug-likeness (QED) is 0.675. The zero-order valence-corrected chi connectivity index (χ0v) is 8.46. The van der Waals surface area contributed by atoms with Crippen LogP contribution in [0.4, 0.5) is 0 Å². The Balaban J connectivity index is 1.71. The van der Waals surface area contributed by atoms with E-state index in [9.17, 15) is 0 Å². The summed E-state index contributed by atoms with van der Waals surface area (Å²) in [5.41, 5.74) is 0. The molecule has 2 saturated heterocycles. The van der Waals surface area contributed by atoms with Crippen LogP contribution in [0.1, 0.15) is 19.3 Å². The van der Waals surface area contributed by atoms with E-state index in [1.807, 2.05) is 0 Å². The fourth-order valence-electron chi connectivity index (χ4n) is 2.21. The van der Waals surface area contributed by atoms with E-state index >= 15 is 0 Å². The van der Waals surface area contributed by atoms with Crippen LogP contribution in [-0.2, 0) is 4.74 Å². The number of nitrogens with zero attached hydrogens (tertiary/aromatic N) is 1. The van der Waals surface area contributed by atoms with Crippen LogP contribution in [0.25, 0.3) is 0 Å². The van der Waals surface area contributed by atoms with Crippen LogP contribution >= 0.6 is 0 Å². The molecule has 0 aromatic heterocycles. The van der Waals surface area contributed by atoms with Crippen molar-refractivity contribution >= 4 is 0 Å². The van der Waals surface area contributed by atoms with E-state index in [4.69, 9.17) is 4.74 Å². The zero-order chi connectivity index (χ0) is 9.10. The summed E-state index contributed by atoms with van der Waals surface area (Å²) in [6, 6.07) is 0. The SMILES string of the molecule is CN1CCC(OC2CCCNC2)C1. The number of piperidine rings is 1. The molecule has 2 fully saturated rings. The Morgan fingerprint density at radius 2 is 2.23 bits per heavy atom. The van der Waals surface area contributed by atoms with Crippen LogP contribution in [0.3, 0.4) is 0 Å². The highest BCUT2D eigenvalue weighted by Crippen LogP contribution is 2.15. The minimum Gasteiger partial charge on any atom is -0.372 e. The first-order valence-electron chi connectivity index (χ1n) is 5.39. The summed E-state index contributed by atoms with van der Waals surface area (Å²) < 4.78 is 6.02. The lowest BCUT2D eigenvalue weighted by atomic mass is 10.1. The molecule has 0 radical (unpaired) electrons. The topological polar surface area (TPSA) is 24.5 Å². The minimum absolute atomic E-state index is 0.477. The van der Waals surface area contributed by atoms with Crippen molar-refractivity contribution in [1.29, 1.82) is 0 Å². The highest BCUT2D eigenvalue weighted by molar-refractivity contribution is 4.77. The second-order valence-corrected chi connectivity index (χ2v) is 4.28. The van der Waals surface area contributed by atoms with Crippen LogP contribution in [0.15, 0.2) is 0 Å². The standard InChI is InChI=1S/C10H20N2O/c1-12-6-4-10(8-12)13-9-3-2-5-11-7-9/h9-11H,2-8H2,1H3. The molecule has 0 aromatic carbocycles. The first-order chi connectivity index (χ1) is 6.34. The van der Waals surface area contributed by atoms with E-state index in [1.165, 1.54) is 32.4 Å². The summed E-state index contributed by atoms with van der Waals surface area (Å²) in [5, 5.41) is 3.38. The molecule has 2 aliphatic rings. The van der Waals surface area contributed by atoms with E-state index in [-0.39, 0.29) is 0 Å². The molecule has 0 aliphatic carbocycles. The largest absolute Gasteiger partial charge is 0.372 e. The molecule has 1 N–H and O–H groups in total. The van der Waals surface area contributed by atoms with Crippen molar-refractivity contribution in [3.8, 4) is 0 Å². The monoisotopic (exact) mass is 184 g/mol. The number of likely N-dealkylation sites (tertiary alicyclic amines) is 1. The molecule has 2 heterocycles. The lowest BCUT2D eigenvalue weighted by molar-refractivity contribution is -0.0162. The maximum atomic E-state index is 6.02. The third-order valence-corrected chi connectivity index (χ3v) is 2.98. The third kappa shape index (κ3) is 2.66. The van der Waals surface area contributed by atoms with E-state index in [1.54, 1.807) is 0 Å². The van der Waals surface area contributed by atoms with Crippen LogP contribution in [0, 0.1) is 0 Å². The molecular formula is C10H20N2O. The summed E-state index contributed by atoms with van der Waals surface area (Å²) in [4.78, 5) is 2.35. The summed E-state index contributed by atoms with van der Waals surface area (Å²) in [6.45, 7) is 4.55. The maximum Gasteiger partial charge on any atom is 0.0718 e. The molecule has 3 nitrogen and oxygen atoms in total. The molecule has 0 amide bonds. The Hall–Kier alpha value is -0.120. The van der Waals surface area contributed by atoms with Gasteiger partial charge in [-0.3, -0.25) is 0 Å². The molecule has 13 heavy (non-hydrogen) atoms. The number of likely N-dealkylation sites (N-methyl/N-ethyl adjacent to an activating group) is 1. The van der Waals surface area contributed by atoms with E-state index in [0.29, 0.717) is 12.2 Å². The Morgan fingerprint density at radius 3 is 2.85 bits per heavy atom. The molecule has 76 valence electrons. The lowest BCUT2D eigenvalue weighted by Crippen LogP contribution is -2.38. The van der Waals surface area contributed by atoms with Crippen LogP contribution in [0.2, 0.25) is 0 Å². The first-order valence-corrected chi connectivity index (χ1v) is 5.39. The minimum atomic E-state index is 0.477. The van der Waals surface area contributed by atoms with Gasteiger partial charge in [-0.05, 0) is 32.9 Å². The predicted molar refractivity (Wildman–Crippen MR) is 52.9 cm³/mol. The number of hydrogen-bond donors (Lipinski definition) is 1. The number of ether oxygens (including phenoxy) is 1. The summed E-state index contributed by atoms with van der Waals surface area (Å²) in [5.74, 6) is 0. The van der Waals surface area contributed by atoms with Crippen LogP contribution in [0.5, 0.6) is 0 Å². The van der Waals surface area contributed by atoms with Gasteiger partial charge in [-0.2, -0.15) is 0 Å². The normalized spacial score (nSPS) is 36.7. The van der Waals surface area contributed by atoms with Gasteiger partial charge in [0.05, 0.1) is 12.2 Å². The van der Waals surface area contributed by atoms with Crippen molar-refractivity contribution in [2.24, 2.45) is 0 Å². The Morgan fingerprint density at radius 1 is 1.31 bits per heavy atom. The van der Waals surface area contributed by atoms with Crippen molar-refractivity contribution in [2.75, 3.05) is 33.2 Å². The van der Waals surface area contributed by atoms with Gasteiger partial charge in [0.1, 0.15) is 0 Å². The molecule has 3 heteroatoms. The van der Waals surface area contributed by atoms with E-state index in [2.05, 4.69) is 17.3 Å². The maximum absolute atomic E-state index is 6.02. The zero-order valence-electron chi connectivity index (χ0n) is 8.46. The third-order valence-electron chi connectivity index (χ3n) is 2.98. The van der Waals surface area contributed by atoms with E-state index < -0.39 is 0 Å². The van der Waals surface area contributed by atoms with Crippen molar-refractivity contribution in [3.05, 3.63) is 0 Å². The fourth-order valence-corrected chi connectivity index (χ4v) is 2.21. The van der Waals surface area contributed by atoms with Gasteiger partial charge in [-0.15, -0.1) is 0 Å². The lowest BCUT2D eigenvalue weighted by Gasteiger charge is -2.26.